The van der Waals surface area contributed by atoms with Gasteiger partial charge in [0.2, 0.25) is 0 Å². The number of piperidine rings is 1. The summed E-state index contributed by atoms with van der Waals surface area (Å²) in [4.78, 5) is 11.2. The summed E-state index contributed by atoms with van der Waals surface area (Å²) < 4.78 is 23.6. The fourth-order valence-corrected chi connectivity index (χ4v) is 3.94. The van der Waals surface area contributed by atoms with E-state index < -0.39 is 9.84 Å². The maximum Gasteiger partial charge on any atom is 0.178 e. The van der Waals surface area contributed by atoms with Crippen LogP contribution in [-0.4, -0.2) is 47.9 Å². The first kappa shape index (κ1) is 15.9. The van der Waals surface area contributed by atoms with Crippen LogP contribution in [0.15, 0.2) is 23.4 Å². The number of aromatic amines is 1. The minimum atomic E-state index is -3.24. The fraction of sp³-hybridized carbons (Fsp3) is 0.533. The minimum absolute atomic E-state index is 0.313. The Hall–Kier alpha value is -1.96. The number of aromatic nitrogens is 4. The van der Waals surface area contributed by atoms with Crippen LogP contribution in [0.25, 0.3) is 0 Å². The molecule has 23 heavy (non-hydrogen) atoms. The van der Waals surface area contributed by atoms with Crippen LogP contribution >= 0.6 is 0 Å². The summed E-state index contributed by atoms with van der Waals surface area (Å²) >= 11 is 0. The second-order valence-corrected chi connectivity index (χ2v) is 8.09. The van der Waals surface area contributed by atoms with E-state index >= 15 is 0 Å². The molecule has 1 unspecified atom stereocenters. The number of sulfone groups is 1. The number of nitrogens with one attached hydrogen (secondary N) is 1. The number of rotatable bonds is 4. The van der Waals surface area contributed by atoms with Gasteiger partial charge in [-0.25, -0.2) is 18.4 Å². The summed E-state index contributed by atoms with van der Waals surface area (Å²) in [6, 6.07) is 1.92. The van der Waals surface area contributed by atoms with Gasteiger partial charge in [-0.2, -0.15) is 5.10 Å². The number of nitrogens with zero attached hydrogens (tertiary/aromatic N) is 4. The van der Waals surface area contributed by atoms with Crippen molar-refractivity contribution in [2.45, 2.75) is 31.1 Å². The fourth-order valence-electron chi connectivity index (χ4n) is 3.12. The highest BCUT2D eigenvalue weighted by Crippen LogP contribution is 2.25. The van der Waals surface area contributed by atoms with Gasteiger partial charge in [0.15, 0.2) is 9.84 Å². The third-order valence-corrected chi connectivity index (χ3v) is 5.33. The van der Waals surface area contributed by atoms with E-state index in [-0.39, 0.29) is 0 Å². The molecule has 124 valence electrons. The van der Waals surface area contributed by atoms with E-state index in [0.717, 1.165) is 37.6 Å². The molecular formula is C15H21N5O2S. The highest BCUT2D eigenvalue weighted by molar-refractivity contribution is 7.90. The van der Waals surface area contributed by atoms with Gasteiger partial charge in [-0.1, -0.05) is 0 Å². The van der Waals surface area contributed by atoms with Crippen molar-refractivity contribution in [1.82, 2.24) is 20.2 Å². The maximum absolute atomic E-state index is 11.8. The lowest BCUT2D eigenvalue weighted by Crippen LogP contribution is -2.37. The molecule has 1 aliphatic rings. The molecule has 0 amide bonds. The van der Waals surface area contributed by atoms with E-state index in [0.29, 0.717) is 22.9 Å². The predicted molar refractivity (Wildman–Crippen MR) is 87.1 cm³/mol. The molecule has 1 saturated heterocycles. The maximum atomic E-state index is 11.8. The molecule has 0 aromatic carbocycles. The Bertz CT molecular complexity index is 787. The molecule has 3 rings (SSSR count). The average molecular weight is 335 g/mol. The van der Waals surface area contributed by atoms with Crippen molar-refractivity contribution in [1.29, 1.82) is 0 Å². The van der Waals surface area contributed by atoms with Gasteiger partial charge >= 0.3 is 0 Å². The van der Waals surface area contributed by atoms with Crippen LogP contribution in [-0.2, 0) is 16.3 Å². The quantitative estimate of drug-likeness (QED) is 0.907. The van der Waals surface area contributed by atoms with Crippen molar-refractivity contribution >= 4 is 15.7 Å². The molecule has 1 N–H and O–H groups in total. The smallest absolute Gasteiger partial charge is 0.178 e. The zero-order valence-corrected chi connectivity index (χ0v) is 14.2. The van der Waals surface area contributed by atoms with Gasteiger partial charge in [-0.05, 0) is 38.2 Å². The molecule has 0 bridgehead atoms. The van der Waals surface area contributed by atoms with Crippen LogP contribution in [0.5, 0.6) is 0 Å². The van der Waals surface area contributed by atoms with Gasteiger partial charge in [0.1, 0.15) is 16.5 Å². The van der Waals surface area contributed by atoms with Crippen LogP contribution in [0.1, 0.15) is 24.4 Å². The monoisotopic (exact) mass is 335 g/mol. The molecule has 0 spiro atoms. The Morgan fingerprint density at radius 3 is 3.00 bits per heavy atom. The van der Waals surface area contributed by atoms with Crippen molar-refractivity contribution < 1.29 is 8.42 Å². The third-order valence-electron chi connectivity index (χ3n) is 4.18. The lowest BCUT2D eigenvalue weighted by molar-refractivity contribution is 0.406. The molecule has 3 heterocycles. The summed E-state index contributed by atoms with van der Waals surface area (Å²) in [6.45, 7) is 3.71. The number of hydrogen-bond acceptors (Lipinski definition) is 6. The number of aryl methyl sites for hydroxylation is 1. The van der Waals surface area contributed by atoms with Crippen LogP contribution < -0.4 is 4.90 Å². The summed E-state index contributed by atoms with van der Waals surface area (Å²) in [6.07, 6.45) is 7.22. The van der Waals surface area contributed by atoms with E-state index in [2.05, 4.69) is 25.1 Å². The topological polar surface area (TPSA) is 91.8 Å². The number of H-pyrrole nitrogens is 1. The second-order valence-electron chi connectivity index (χ2n) is 6.11. The number of anilines is 1. The summed E-state index contributed by atoms with van der Waals surface area (Å²) in [5.74, 6) is 2.08. The molecule has 0 radical (unpaired) electrons. The van der Waals surface area contributed by atoms with E-state index in [1.165, 1.54) is 12.5 Å². The first-order chi connectivity index (χ1) is 10.9. The molecule has 2 aromatic rings. The average Bonchev–Trinajstić information content (AvgIpc) is 2.96. The second kappa shape index (κ2) is 6.27. The Balaban J connectivity index is 1.74. The van der Waals surface area contributed by atoms with Crippen molar-refractivity contribution in [2.24, 2.45) is 5.92 Å². The van der Waals surface area contributed by atoms with Crippen LogP contribution in [0.2, 0.25) is 0 Å². The standard InChI is InChI=1S/C15H21N5O2S/c1-11-16-6-5-15(18-11)20-7-3-4-12(10-20)8-13-14(9-17-19-13)23(2,21)22/h5-6,9,12H,3-4,7-8,10H2,1-2H3,(H,17,19). The Morgan fingerprint density at radius 2 is 2.26 bits per heavy atom. The van der Waals surface area contributed by atoms with Crippen molar-refractivity contribution in [2.75, 3.05) is 24.2 Å². The molecular weight excluding hydrogens is 314 g/mol. The largest absolute Gasteiger partial charge is 0.356 e. The first-order valence-electron chi connectivity index (χ1n) is 7.70. The molecule has 1 atom stereocenters. The van der Waals surface area contributed by atoms with Gasteiger partial charge < -0.3 is 4.90 Å². The summed E-state index contributed by atoms with van der Waals surface area (Å²) in [5.41, 5.74) is 0.707. The molecule has 1 aliphatic heterocycles. The van der Waals surface area contributed by atoms with Gasteiger partial charge in [0, 0.05) is 25.5 Å². The first-order valence-corrected chi connectivity index (χ1v) is 9.59. The number of hydrogen-bond donors (Lipinski definition) is 1. The van der Waals surface area contributed by atoms with Gasteiger partial charge in [-0.15, -0.1) is 0 Å². The molecule has 8 heteroatoms. The van der Waals surface area contributed by atoms with Crippen molar-refractivity contribution in [3.8, 4) is 0 Å². The zero-order chi connectivity index (χ0) is 16.4. The molecule has 1 fully saturated rings. The van der Waals surface area contributed by atoms with Crippen LogP contribution in [0.3, 0.4) is 0 Å². The highest BCUT2D eigenvalue weighted by atomic mass is 32.2. The van der Waals surface area contributed by atoms with Gasteiger partial charge in [0.25, 0.3) is 0 Å². The van der Waals surface area contributed by atoms with Crippen LogP contribution in [0, 0.1) is 12.8 Å². The van der Waals surface area contributed by atoms with E-state index in [1.807, 2.05) is 13.0 Å². The Kier molecular flexibility index (Phi) is 4.34. The lowest BCUT2D eigenvalue weighted by atomic mass is 9.93. The summed E-state index contributed by atoms with van der Waals surface area (Å²) in [7, 11) is -3.24. The zero-order valence-electron chi connectivity index (χ0n) is 13.4. The Labute approximate surface area is 136 Å². The van der Waals surface area contributed by atoms with Crippen molar-refractivity contribution in [3.63, 3.8) is 0 Å². The SMILES string of the molecule is Cc1nccc(N2CCCC(Cc3[nH]ncc3S(C)(=O)=O)C2)n1. The van der Waals surface area contributed by atoms with E-state index in [4.69, 9.17) is 0 Å². The molecule has 0 saturated carbocycles. The van der Waals surface area contributed by atoms with E-state index in [1.54, 1.807) is 6.20 Å². The molecule has 0 aliphatic carbocycles. The molecule has 2 aromatic heterocycles. The normalized spacial score (nSPS) is 19.0. The van der Waals surface area contributed by atoms with E-state index in [9.17, 15) is 8.42 Å². The lowest BCUT2D eigenvalue weighted by Gasteiger charge is -2.33. The molecule has 7 nitrogen and oxygen atoms in total. The predicted octanol–water partition coefficient (Wildman–Crippen LogP) is 1.37. The third kappa shape index (κ3) is 3.69. The minimum Gasteiger partial charge on any atom is -0.356 e. The van der Waals surface area contributed by atoms with Gasteiger partial charge in [-0.3, -0.25) is 5.10 Å². The van der Waals surface area contributed by atoms with Gasteiger partial charge in [0.05, 0.1) is 11.9 Å². The summed E-state index contributed by atoms with van der Waals surface area (Å²) in [5, 5.41) is 6.75. The van der Waals surface area contributed by atoms with Crippen LogP contribution in [0.4, 0.5) is 5.82 Å². The van der Waals surface area contributed by atoms with Crippen molar-refractivity contribution in [3.05, 3.63) is 30.0 Å². The Morgan fingerprint density at radius 1 is 1.43 bits per heavy atom. The highest BCUT2D eigenvalue weighted by Gasteiger charge is 2.24.